The lowest BCUT2D eigenvalue weighted by molar-refractivity contribution is -0.936. The maximum Gasteiger partial charge on any atom is 0.287 e. The van der Waals surface area contributed by atoms with Gasteiger partial charge in [-0.3, -0.25) is 4.79 Å². The van der Waals surface area contributed by atoms with Gasteiger partial charge in [0, 0.05) is 17.3 Å². The lowest BCUT2D eigenvalue weighted by Crippen LogP contribution is -3.16. The zero-order valence-electron chi connectivity index (χ0n) is 15.6. The van der Waals surface area contributed by atoms with Crippen molar-refractivity contribution in [3.8, 4) is 5.75 Å². The number of benzene rings is 2. The predicted octanol–water partition coefficient (Wildman–Crippen LogP) is 2.07. The molecule has 0 aliphatic carbocycles. The molecule has 5 heteroatoms. The van der Waals surface area contributed by atoms with Crippen LogP contribution in [0.25, 0.3) is 0 Å². The Morgan fingerprint density at radius 3 is 2.46 bits per heavy atom. The van der Waals surface area contributed by atoms with E-state index in [1.54, 1.807) is 7.11 Å². The number of anilines is 1. The summed E-state index contributed by atoms with van der Waals surface area (Å²) in [6.07, 6.45) is 0.258. The van der Waals surface area contributed by atoms with Crippen molar-refractivity contribution in [3.05, 3.63) is 60.2 Å². The van der Waals surface area contributed by atoms with Crippen LogP contribution in [-0.4, -0.2) is 38.3 Å². The molecule has 26 heavy (non-hydrogen) atoms. The molecule has 1 saturated heterocycles. The first kappa shape index (κ1) is 18.4. The Hall–Kier alpha value is -2.37. The number of hydrogen-bond acceptors (Lipinski definition) is 3. The van der Waals surface area contributed by atoms with Crippen molar-refractivity contribution in [1.29, 1.82) is 0 Å². The number of quaternary nitrogens is 1. The van der Waals surface area contributed by atoms with Gasteiger partial charge in [0.25, 0.3) is 5.91 Å². The Morgan fingerprint density at radius 2 is 1.81 bits per heavy atom. The molecule has 1 aliphatic rings. The van der Waals surface area contributed by atoms with E-state index in [2.05, 4.69) is 19.2 Å². The molecule has 1 heterocycles. The molecule has 1 amide bonds. The van der Waals surface area contributed by atoms with Gasteiger partial charge in [0.1, 0.15) is 31.0 Å². The highest BCUT2D eigenvalue weighted by atomic mass is 16.5. The maximum absolute atomic E-state index is 13.2. The van der Waals surface area contributed by atoms with Gasteiger partial charge in [0.15, 0.2) is 6.04 Å². The minimum absolute atomic E-state index is 0.0132. The smallest absolute Gasteiger partial charge is 0.287 e. The summed E-state index contributed by atoms with van der Waals surface area (Å²) in [4.78, 5) is 14.4. The van der Waals surface area contributed by atoms with Gasteiger partial charge in [0.2, 0.25) is 0 Å². The van der Waals surface area contributed by atoms with Crippen LogP contribution in [0.5, 0.6) is 5.75 Å². The highest BCUT2D eigenvalue weighted by Gasteiger charge is 2.37. The summed E-state index contributed by atoms with van der Waals surface area (Å²) < 4.78 is 11.1. The van der Waals surface area contributed by atoms with Crippen LogP contribution in [0.15, 0.2) is 54.6 Å². The highest BCUT2D eigenvalue weighted by Crippen LogP contribution is 2.19. The van der Waals surface area contributed by atoms with E-state index < -0.39 is 0 Å². The van der Waals surface area contributed by atoms with Crippen LogP contribution in [-0.2, 0) is 9.53 Å². The summed E-state index contributed by atoms with van der Waals surface area (Å²) in [7, 11) is 1.62. The summed E-state index contributed by atoms with van der Waals surface area (Å²) >= 11 is 0. The van der Waals surface area contributed by atoms with Crippen molar-refractivity contribution in [3.63, 3.8) is 0 Å². The average Bonchev–Trinajstić information content (AvgIpc) is 2.62. The summed E-state index contributed by atoms with van der Waals surface area (Å²) in [5, 5.41) is 3.06. The van der Waals surface area contributed by atoms with E-state index in [0.29, 0.717) is 0 Å². The molecule has 1 fully saturated rings. The first-order valence-electron chi connectivity index (χ1n) is 9.06. The van der Waals surface area contributed by atoms with E-state index in [0.717, 1.165) is 30.1 Å². The third-order valence-electron chi connectivity index (χ3n) is 4.70. The zero-order chi connectivity index (χ0) is 18.5. The van der Waals surface area contributed by atoms with Crippen molar-refractivity contribution in [1.82, 2.24) is 0 Å². The van der Waals surface area contributed by atoms with Gasteiger partial charge in [0.05, 0.1) is 7.11 Å². The summed E-state index contributed by atoms with van der Waals surface area (Å²) in [6, 6.07) is 17.1. The number of rotatable bonds is 5. The Labute approximate surface area is 154 Å². The van der Waals surface area contributed by atoms with E-state index in [9.17, 15) is 4.79 Å². The van der Waals surface area contributed by atoms with Crippen molar-refractivity contribution < 1.29 is 19.2 Å². The minimum atomic E-state index is -0.281. The van der Waals surface area contributed by atoms with Crippen LogP contribution >= 0.6 is 0 Å². The zero-order valence-corrected chi connectivity index (χ0v) is 15.6. The Morgan fingerprint density at radius 1 is 1.12 bits per heavy atom. The van der Waals surface area contributed by atoms with Crippen LogP contribution in [0.1, 0.15) is 25.5 Å². The summed E-state index contributed by atoms with van der Waals surface area (Å²) in [5.41, 5.74) is 1.76. The summed E-state index contributed by atoms with van der Waals surface area (Å²) in [6.45, 7) is 5.74. The van der Waals surface area contributed by atoms with Gasteiger partial charge >= 0.3 is 0 Å². The predicted molar refractivity (Wildman–Crippen MR) is 102 cm³/mol. The van der Waals surface area contributed by atoms with Gasteiger partial charge < -0.3 is 19.7 Å². The Kier molecular flexibility index (Phi) is 5.91. The second-order valence-electron chi connectivity index (χ2n) is 6.89. The molecule has 2 aromatic carbocycles. The van der Waals surface area contributed by atoms with Crippen LogP contribution in [0.2, 0.25) is 0 Å². The molecule has 5 nitrogen and oxygen atoms in total. The van der Waals surface area contributed by atoms with Gasteiger partial charge in [-0.1, -0.05) is 36.4 Å². The number of nitrogens with one attached hydrogen (secondary N) is 2. The Bertz CT molecular complexity index is 725. The van der Waals surface area contributed by atoms with Gasteiger partial charge in [-0.25, -0.2) is 0 Å². The average molecular weight is 355 g/mol. The molecule has 0 bridgehead atoms. The number of carbonyl (C=O) groups excluding carboxylic acids is 1. The topological polar surface area (TPSA) is 52.0 Å². The standard InChI is InChI=1S/C21H26N2O3/c1-15-13-23(14-16(2)26-15)20(17-8-5-4-6-9-17)21(24)22-18-10-7-11-19(12-18)25-3/h4-12,15-16,20H,13-14H2,1-3H3,(H,22,24)/p+1/t15-,16-,20+/m1/s1. The molecule has 1 aliphatic heterocycles. The number of amides is 1. The molecule has 0 aromatic heterocycles. The van der Waals surface area contributed by atoms with Crippen LogP contribution in [0, 0.1) is 0 Å². The number of methoxy groups -OCH3 is 1. The van der Waals surface area contributed by atoms with E-state index in [-0.39, 0.29) is 24.2 Å². The van der Waals surface area contributed by atoms with E-state index in [1.165, 1.54) is 4.90 Å². The van der Waals surface area contributed by atoms with Gasteiger partial charge in [-0.15, -0.1) is 0 Å². The molecular weight excluding hydrogens is 328 g/mol. The fraction of sp³-hybridized carbons (Fsp3) is 0.381. The van der Waals surface area contributed by atoms with Crippen LogP contribution < -0.4 is 15.0 Å². The fourth-order valence-electron chi connectivity index (χ4n) is 3.68. The van der Waals surface area contributed by atoms with Gasteiger partial charge in [-0.05, 0) is 26.0 Å². The third-order valence-corrected chi connectivity index (χ3v) is 4.70. The number of hydrogen-bond donors (Lipinski definition) is 2. The maximum atomic E-state index is 13.2. The molecular formula is C21H27N2O3+. The molecule has 0 unspecified atom stereocenters. The minimum Gasteiger partial charge on any atom is -0.497 e. The Balaban J connectivity index is 1.86. The lowest BCUT2D eigenvalue weighted by Gasteiger charge is -2.36. The van der Waals surface area contributed by atoms with Crippen molar-refractivity contribution >= 4 is 11.6 Å². The fourth-order valence-corrected chi connectivity index (χ4v) is 3.68. The van der Waals surface area contributed by atoms with Crippen molar-refractivity contribution in [2.45, 2.75) is 32.1 Å². The van der Waals surface area contributed by atoms with E-state index >= 15 is 0 Å². The van der Waals surface area contributed by atoms with Crippen molar-refractivity contribution in [2.75, 3.05) is 25.5 Å². The second-order valence-corrected chi connectivity index (χ2v) is 6.89. The molecule has 0 saturated carbocycles. The van der Waals surface area contributed by atoms with Crippen molar-refractivity contribution in [2.24, 2.45) is 0 Å². The molecule has 0 radical (unpaired) electrons. The van der Waals surface area contributed by atoms with Crippen LogP contribution in [0.4, 0.5) is 5.69 Å². The SMILES string of the molecule is COc1cccc(NC(=O)[C@H](c2ccccc2)[NH+]2C[C@@H](C)O[C@H](C)C2)c1. The molecule has 0 spiro atoms. The third kappa shape index (κ3) is 4.42. The normalized spacial score (nSPS) is 23.9. The first-order chi connectivity index (χ1) is 12.6. The van der Waals surface area contributed by atoms with E-state index in [1.807, 2.05) is 54.6 Å². The molecule has 138 valence electrons. The summed E-state index contributed by atoms with van der Waals surface area (Å²) in [5.74, 6) is 0.709. The lowest BCUT2D eigenvalue weighted by atomic mass is 10.0. The largest absolute Gasteiger partial charge is 0.497 e. The second kappa shape index (κ2) is 8.34. The molecule has 2 N–H and O–H groups in total. The number of ether oxygens (including phenoxy) is 2. The molecule has 2 aromatic rings. The highest BCUT2D eigenvalue weighted by molar-refractivity contribution is 5.94. The number of morpholine rings is 1. The van der Waals surface area contributed by atoms with E-state index in [4.69, 9.17) is 9.47 Å². The van der Waals surface area contributed by atoms with Gasteiger partial charge in [-0.2, -0.15) is 0 Å². The molecule has 3 rings (SSSR count). The number of carbonyl (C=O) groups is 1. The molecule has 3 atom stereocenters. The first-order valence-corrected chi connectivity index (χ1v) is 9.06. The quantitative estimate of drug-likeness (QED) is 0.863. The van der Waals surface area contributed by atoms with Crippen LogP contribution in [0.3, 0.4) is 0 Å². The monoisotopic (exact) mass is 355 g/mol.